The van der Waals surface area contributed by atoms with Crippen LogP contribution in [-0.4, -0.2) is 43.2 Å². The van der Waals surface area contributed by atoms with Crippen LogP contribution in [0.3, 0.4) is 0 Å². The Hall–Kier alpha value is -3.41. The van der Waals surface area contributed by atoms with Crippen LogP contribution in [-0.2, 0) is 17.8 Å². The van der Waals surface area contributed by atoms with Crippen molar-refractivity contribution in [1.29, 1.82) is 0 Å². The highest BCUT2D eigenvalue weighted by Gasteiger charge is 2.25. The van der Waals surface area contributed by atoms with Gasteiger partial charge < -0.3 is 9.47 Å². The van der Waals surface area contributed by atoms with Gasteiger partial charge in [0.25, 0.3) is 0 Å². The van der Waals surface area contributed by atoms with Crippen molar-refractivity contribution in [3.8, 4) is 5.82 Å². The molecule has 3 aromatic heterocycles. The van der Waals surface area contributed by atoms with Gasteiger partial charge in [0.1, 0.15) is 6.54 Å². The number of nitrogens with zero attached hydrogens (tertiary/aromatic N) is 5. The lowest BCUT2D eigenvalue weighted by Gasteiger charge is -2.32. The molecular weight excluding hydrogens is 398 g/mol. The minimum absolute atomic E-state index is 0.118. The first kappa shape index (κ1) is 20.5. The summed E-state index contributed by atoms with van der Waals surface area (Å²) < 4.78 is 3.77. The third-order valence-corrected chi connectivity index (χ3v) is 6.48. The normalized spacial score (nSPS) is 14.9. The van der Waals surface area contributed by atoms with Gasteiger partial charge in [-0.25, -0.2) is 9.67 Å². The van der Waals surface area contributed by atoms with E-state index in [9.17, 15) is 4.79 Å². The van der Waals surface area contributed by atoms with Crippen LogP contribution in [0.5, 0.6) is 0 Å². The van der Waals surface area contributed by atoms with E-state index in [0.29, 0.717) is 5.92 Å². The number of amides is 1. The molecule has 1 amide bonds. The summed E-state index contributed by atoms with van der Waals surface area (Å²) in [5.41, 5.74) is 4.22. The Morgan fingerprint density at radius 3 is 2.47 bits per heavy atom. The Morgan fingerprint density at radius 1 is 1.03 bits per heavy atom. The number of fused-ring (bicyclic) bond motifs is 1. The monoisotopic (exact) mass is 427 g/mol. The average Bonchev–Trinajstić information content (AvgIpc) is 3.44. The smallest absolute Gasteiger partial charge is 0.244 e. The number of hydrogen-bond acceptors (Lipinski definition) is 3. The molecule has 164 valence electrons. The molecule has 1 aliphatic heterocycles. The minimum atomic E-state index is 0.118. The molecule has 6 heteroatoms. The Balaban J connectivity index is 1.32. The third-order valence-electron chi connectivity index (χ3n) is 6.48. The highest BCUT2D eigenvalue weighted by Crippen LogP contribution is 2.26. The number of benzene rings is 1. The van der Waals surface area contributed by atoms with Crippen molar-refractivity contribution in [2.45, 2.75) is 39.7 Å². The van der Waals surface area contributed by atoms with Crippen LogP contribution < -0.4 is 0 Å². The van der Waals surface area contributed by atoms with Crippen molar-refractivity contribution in [2.24, 2.45) is 5.92 Å². The molecule has 32 heavy (non-hydrogen) atoms. The predicted molar refractivity (Wildman–Crippen MR) is 126 cm³/mol. The lowest BCUT2D eigenvalue weighted by atomic mass is 9.90. The van der Waals surface area contributed by atoms with E-state index >= 15 is 0 Å². The van der Waals surface area contributed by atoms with Gasteiger partial charge in [0.15, 0.2) is 11.5 Å². The molecule has 1 aliphatic rings. The van der Waals surface area contributed by atoms with Gasteiger partial charge in [-0.15, -0.1) is 0 Å². The molecule has 0 N–H and O–H groups in total. The lowest BCUT2D eigenvalue weighted by molar-refractivity contribution is -0.133. The molecule has 4 aromatic rings. The van der Waals surface area contributed by atoms with Crippen LogP contribution >= 0.6 is 0 Å². The van der Waals surface area contributed by atoms with Gasteiger partial charge in [0.2, 0.25) is 5.91 Å². The molecule has 0 saturated carbocycles. The Bertz CT molecular complexity index is 1220. The van der Waals surface area contributed by atoms with Gasteiger partial charge in [-0.1, -0.05) is 30.3 Å². The fourth-order valence-corrected chi connectivity index (χ4v) is 4.82. The predicted octanol–water partition coefficient (Wildman–Crippen LogP) is 4.32. The number of likely N-dealkylation sites (tertiary alicyclic amines) is 1. The number of rotatable bonds is 5. The number of piperidine rings is 1. The number of carbonyl (C=O) groups excluding carboxylic acids is 1. The highest BCUT2D eigenvalue weighted by atomic mass is 16.2. The molecule has 0 spiro atoms. The average molecular weight is 428 g/mol. The topological polar surface area (TPSA) is 56.0 Å². The second-order valence-electron chi connectivity index (χ2n) is 8.86. The number of aryl methyl sites for hydroxylation is 2. The van der Waals surface area contributed by atoms with Crippen molar-refractivity contribution < 1.29 is 4.79 Å². The Kier molecular flexibility index (Phi) is 5.52. The zero-order chi connectivity index (χ0) is 22.1. The van der Waals surface area contributed by atoms with Gasteiger partial charge in [-0.2, -0.15) is 5.10 Å². The second-order valence-corrected chi connectivity index (χ2v) is 8.86. The van der Waals surface area contributed by atoms with E-state index < -0.39 is 0 Å². The second kappa shape index (κ2) is 8.61. The van der Waals surface area contributed by atoms with Crippen LogP contribution in [0.4, 0.5) is 0 Å². The summed E-state index contributed by atoms with van der Waals surface area (Å²) in [5.74, 6) is 1.58. The van der Waals surface area contributed by atoms with Crippen molar-refractivity contribution in [3.05, 3.63) is 77.7 Å². The molecule has 0 unspecified atom stereocenters. The molecule has 4 heterocycles. The zero-order valence-electron chi connectivity index (χ0n) is 18.7. The van der Waals surface area contributed by atoms with Crippen LogP contribution in [0.15, 0.2) is 60.9 Å². The van der Waals surface area contributed by atoms with Crippen LogP contribution in [0, 0.1) is 19.8 Å². The third kappa shape index (κ3) is 4.05. The van der Waals surface area contributed by atoms with E-state index in [0.717, 1.165) is 60.5 Å². The number of aromatic nitrogens is 4. The first-order chi connectivity index (χ1) is 15.6. The fourth-order valence-electron chi connectivity index (χ4n) is 4.82. The molecule has 1 aromatic carbocycles. The molecule has 1 saturated heterocycles. The molecule has 5 rings (SSSR count). The van der Waals surface area contributed by atoms with E-state index in [1.807, 2.05) is 40.9 Å². The first-order valence-electron chi connectivity index (χ1n) is 11.4. The quantitative estimate of drug-likeness (QED) is 0.477. The van der Waals surface area contributed by atoms with E-state index in [1.54, 1.807) is 4.68 Å². The van der Waals surface area contributed by atoms with Crippen molar-refractivity contribution >= 4 is 16.9 Å². The van der Waals surface area contributed by atoms with E-state index in [1.165, 1.54) is 5.56 Å². The molecule has 0 atom stereocenters. The lowest BCUT2D eigenvalue weighted by Crippen LogP contribution is -2.40. The first-order valence-corrected chi connectivity index (χ1v) is 11.4. The van der Waals surface area contributed by atoms with Crippen molar-refractivity contribution in [2.75, 3.05) is 13.1 Å². The summed E-state index contributed by atoms with van der Waals surface area (Å²) in [6, 6.07) is 16.7. The van der Waals surface area contributed by atoms with E-state index in [-0.39, 0.29) is 12.5 Å². The summed E-state index contributed by atoms with van der Waals surface area (Å²) in [4.78, 5) is 19.9. The van der Waals surface area contributed by atoms with Crippen LogP contribution in [0.25, 0.3) is 16.9 Å². The van der Waals surface area contributed by atoms with Gasteiger partial charge in [-0.05, 0) is 68.4 Å². The summed E-state index contributed by atoms with van der Waals surface area (Å²) in [6.07, 6.45) is 7.14. The maximum absolute atomic E-state index is 13.2. The molecule has 6 nitrogen and oxygen atoms in total. The number of pyridine rings is 1. The molecule has 0 radical (unpaired) electrons. The van der Waals surface area contributed by atoms with Gasteiger partial charge in [-0.3, -0.25) is 4.79 Å². The highest BCUT2D eigenvalue weighted by molar-refractivity contribution is 5.88. The van der Waals surface area contributed by atoms with Gasteiger partial charge in [0, 0.05) is 31.2 Å². The largest absolute Gasteiger partial charge is 0.341 e. The summed E-state index contributed by atoms with van der Waals surface area (Å²) in [7, 11) is 0. The van der Waals surface area contributed by atoms with Crippen LogP contribution in [0.2, 0.25) is 0 Å². The van der Waals surface area contributed by atoms with E-state index in [4.69, 9.17) is 10.1 Å². The number of hydrogen-bond donors (Lipinski definition) is 0. The van der Waals surface area contributed by atoms with Gasteiger partial charge in [0.05, 0.1) is 5.39 Å². The van der Waals surface area contributed by atoms with Crippen LogP contribution in [0.1, 0.15) is 29.7 Å². The standard InChI is InChI=1S/C26H29N5O/c1-19-16-20(2)27-25-24(19)26(30-12-6-7-13-30)28-31(25)18-23(32)29-14-10-22(11-15-29)17-21-8-4-3-5-9-21/h3-9,12-13,16,22H,10-11,14-15,17-18H2,1-2H3. The minimum Gasteiger partial charge on any atom is -0.341 e. The van der Waals surface area contributed by atoms with Crippen molar-refractivity contribution in [1.82, 2.24) is 24.2 Å². The molecule has 0 aliphatic carbocycles. The zero-order valence-corrected chi connectivity index (χ0v) is 18.7. The van der Waals surface area contributed by atoms with Crippen molar-refractivity contribution in [3.63, 3.8) is 0 Å². The summed E-state index contributed by atoms with van der Waals surface area (Å²) in [6.45, 7) is 5.90. The molecular formula is C26H29N5O. The summed E-state index contributed by atoms with van der Waals surface area (Å²) >= 11 is 0. The maximum atomic E-state index is 13.2. The fraction of sp³-hybridized carbons (Fsp3) is 0.346. The molecule has 1 fully saturated rings. The SMILES string of the molecule is Cc1cc(C)c2c(-n3cccc3)nn(CC(=O)N3CCC(Cc4ccccc4)CC3)c2n1. The summed E-state index contributed by atoms with van der Waals surface area (Å²) in [5, 5.41) is 5.81. The maximum Gasteiger partial charge on any atom is 0.244 e. The van der Waals surface area contributed by atoms with E-state index in [2.05, 4.69) is 43.3 Å². The Labute approximate surface area is 188 Å². The van der Waals surface area contributed by atoms with Gasteiger partial charge >= 0.3 is 0 Å². The molecule has 0 bridgehead atoms. The number of carbonyl (C=O) groups is 1. The Morgan fingerprint density at radius 2 is 1.75 bits per heavy atom.